The number of nitrogens with one attached hydrogen (secondary N) is 1. The number of hydrogen-bond donors (Lipinski definition) is 2. The lowest BCUT2D eigenvalue weighted by atomic mass is 9.90. The Labute approximate surface area is 113 Å². The average molecular weight is 295 g/mol. The van der Waals surface area contributed by atoms with Crippen LogP contribution in [0.2, 0.25) is 0 Å². The van der Waals surface area contributed by atoms with Gasteiger partial charge in [0.15, 0.2) is 0 Å². The monoisotopic (exact) mass is 295 g/mol. The Balaban J connectivity index is 2.47. The first-order valence-electron chi connectivity index (χ1n) is 5.71. The summed E-state index contributed by atoms with van der Waals surface area (Å²) in [5.74, 6) is -0.916. The Morgan fingerprint density at radius 1 is 1.37 bits per heavy atom. The van der Waals surface area contributed by atoms with Gasteiger partial charge in [-0.2, -0.15) is 24.5 Å². The zero-order valence-electron chi connectivity index (χ0n) is 10.7. The Morgan fingerprint density at radius 3 is 2.53 bits per heavy atom. The maximum Gasteiger partial charge on any atom is 0.417 e. The first kappa shape index (κ1) is 16.0. The van der Waals surface area contributed by atoms with Gasteiger partial charge in [-0.05, 0) is 37.8 Å². The summed E-state index contributed by atoms with van der Waals surface area (Å²) in [6.45, 7) is 3.62. The van der Waals surface area contributed by atoms with E-state index < -0.39 is 23.1 Å². The van der Waals surface area contributed by atoms with E-state index in [1.807, 2.05) is 0 Å². The normalized spacial score (nSPS) is 12.7. The zero-order valence-corrected chi connectivity index (χ0v) is 11.5. The van der Waals surface area contributed by atoms with Gasteiger partial charge in [0.05, 0.1) is 11.0 Å². The topological polar surface area (TPSA) is 49.3 Å². The van der Waals surface area contributed by atoms with Crippen LogP contribution < -0.4 is 5.32 Å². The van der Waals surface area contributed by atoms with Crippen LogP contribution in [0, 0.1) is 5.41 Å². The van der Waals surface area contributed by atoms with E-state index in [0.717, 1.165) is 16.7 Å². The summed E-state index contributed by atoms with van der Waals surface area (Å²) in [6, 6.07) is 0. The summed E-state index contributed by atoms with van der Waals surface area (Å²) in [5, 5.41) is 14.3. The van der Waals surface area contributed by atoms with Gasteiger partial charge in [-0.15, -0.1) is 0 Å². The van der Waals surface area contributed by atoms with Gasteiger partial charge in [0, 0.05) is 11.9 Å². The van der Waals surface area contributed by atoms with Gasteiger partial charge in [0.2, 0.25) is 0 Å². The number of alkyl halides is 3. The van der Waals surface area contributed by atoms with Crippen LogP contribution in [0.1, 0.15) is 31.4 Å². The van der Waals surface area contributed by atoms with E-state index in [-0.39, 0.29) is 12.1 Å². The standard InChI is InChI=1S/C12H16F3NO2S/c1-11(2,10(17)18)3-4-16-5-8-6-19-7-9(8)12(13,14)15/h6-7,16H,3-5H2,1-2H3,(H,17,18). The summed E-state index contributed by atoms with van der Waals surface area (Å²) in [5.41, 5.74) is -1.30. The minimum Gasteiger partial charge on any atom is -0.481 e. The summed E-state index contributed by atoms with van der Waals surface area (Å²) in [7, 11) is 0. The third-order valence-corrected chi connectivity index (χ3v) is 3.66. The number of carboxylic acid groups (broad SMARTS) is 1. The van der Waals surface area contributed by atoms with E-state index in [2.05, 4.69) is 5.32 Å². The van der Waals surface area contributed by atoms with Gasteiger partial charge in [0.25, 0.3) is 0 Å². The second-order valence-electron chi connectivity index (χ2n) is 4.92. The first-order chi connectivity index (χ1) is 8.64. The molecule has 1 heterocycles. The molecule has 7 heteroatoms. The Hall–Kier alpha value is -1.08. The van der Waals surface area contributed by atoms with Gasteiger partial charge < -0.3 is 10.4 Å². The SMILES string of the molecule is CC(C)(CCNCc1cscc1C(F)(F)F)C(=O)O. The second-order valence-corrected chi connectivity index (χ2v) is 5.67. The molecular weight excluding hydrogens is 279 g/mol. The van der Waals surface area contributed by atoms with Crippen LogP contribution in [0.25, 0.3) is 0 Å². The molecule has 0 radical (unpaired) electrons. The highest BCUT2D eigenvalue weighted by molar-refractivity contribution is 7.08. The zero-order chi connectivity index (χ0) is 14.7. The predicted molar refractivity (Wildman–Crippen MR) is 67.1 cm³/mol. The van der Waals surface area contributed by atoms with Crippen molar-refractivity contribution in [3.8, 4) is 0 Å². The Morgan fingerprint density at radius 2 is 2.00 bits per heavy atom. The molecule has 19 heavy (non-hydrogen) atoms. The quantitative estimate of drug-likeness (QED) is 0.791. The fourth-order valence-electron chi connectivity index (χ4n) is 1.44. The molecule has 0 bridgehead atoms. The van der Waals surface area contributed by atoms with E-state index in [1.165, 1.54) is 5.38 Å². The smallest absolute Gasteiger partial charge is 0.417 e. The minimum atomic E-state index is -4.34. The van der Waals surface area contributed by atoms with Gasteiger partial charge in [0.1, 0.15) is 0 Å². The molecule has 0 fully saturated rings. The van der Waals surface area contributed by atoms with Crippen molar-refractivity contribution < 1.29 is 23.1 Å². The highest BCUT2D eigenvalue weighted by atomic mass is 32.1. The van der Waals surface area contributed by atoms with E-state index in [9.17, 15) is 18.0 Å². The molecule has 0 saturated carbocycles. The Kier molecular flexibility index (Phi) is 4.98. The molecule has 1 rings (SSSR count). The van der Waals surface area contributed by atoms with Crippen molar-refractivity contribution in [1.29, 1.82) is 0 Å². The van der Waals surface area contributed by atoms with Crippen LogP contribution in [0.5, 0.6) is 0 Å². The first-order valence-corrected chi connectivity index (χ1v) is 6.65. The molecule has 2 N–H and O–H groups in total. The van der Waals surface area contributed by atoms with Crippen LogP contribution in [0.4, 0.5) is 13.2 Å². The lowest BCUT2D eigenvalue weighted by Gasteiger charge is -2.19. The van der Waals surface area contributed by atoms with Crippen LogP contribution in [-0.2, 0) is 17.5 Å². The molecule has 0 saturated heterocycles. The van der Waals surface area contributed by atoms with E-state index >= 15 is 0 Å². The number of aliphatic carboxylic acids is 1. The average Bonchev–Trinajstić information content (AvgIpc) is 2.72. The molecule has 0 aliphatic rings. The number of carbonyl (C=O) groups is 1. The van der Waals surface area contributed by atoms with Crippen molar-refractivity contribution in [3.63, 3.8) is 0 Å². The summed E-state index contributed by atoms with van der Waals surface area (Å²) >= 11 is 1.01. The molecule has 3 nitrogen and oxygen atoms in total. The van der Waals surface area contributed by atoms with E-state index in [4.69, 9.17) is 5.11 Å². The third-order valence-electron chi connectivity index (χ3n) is 2.87. The highest BCUT2D eigenvalue weighted by Crippen LogP contribution is 2.34. The highest BCUT2D eigenvalue weighted by Gasteiger charge is 2.33. The molecule has 1 aromatic rings. The molecular formula is C12H16F3NO2S. The van der Waals surface area contributed by atoms with Crippen molar-refractivity contribution in [1.82, 2.24) is 5.32 Å². The van der Waals surface area contributed by atoms with Gasteiger partial charge in [-0.3, -0.25) is 4.79 Å². The van der Waals surface area contributed by atoms with Crippen molar-refractivity contribution in [2.75, 3.05) is 6.54 Å². The van der Waals surface area contributed by atoms with Crippen LogP contribution >= 0.6 is 11.3 Å². The molecule has 0 aliphatic carbocycles. The number of carboxylic acids is 1. The fourth-order valence-corrected chi connectivity index (χ4v) is 2.30. The minimum absolute atomic E-state index is 0.0913. The number of thiophene rings is 1. The molecule has 1 aromatic heterocycles. The molecule has 0 amide bonds. The van der Waals surface area contributed by atoms with Crippen molar-refractivity contribution >= 4 is 17.3 Å². The second kappa shape index (κ2) is 5.92. The van der Waals surface area contributed by atoms with Crippen LogP contribution in [-0.4, -0.2) is 17.6 Å². The van der Waals surface area contributed by atoms with Crippen LogP contribution in [0.15, 0.2) is 10.8 Å². The Bertz CT molecular complexity index is 440. The molecule has 0 unspecified atom stereocenters. The van der Waals surface area contributed by atoms with E-state index in [1.54, 1.807) is 13.8 Å². The molecule has 0 spiro atoms. The maximum atomic E-state index is 12.6. The molecule has 0 aliphatic heterocycles. The molecule has 108 valence electrons. The van der Waals surface area contributed by atoms with Crippen LogP contribution in [0.3, 0.4) is 0 Å². The third kappa shape index (κ3) is 4.50. The number of rotatable bonds is 6. The summed E-state index contributed by atoms with van der Waals surface area (Å²) in [4.78, 5) is 10.9. The van der Waals surface area contributed by atoms with Gasteiger partial charge in [-0.1, -0.05) is 0 Å². The largest absolute Gasteiger partial charge is 0.481 e. The maximum absolute atomic E-state index is 12.6. The number of hydrogen-bond acceptors (Lipinski definition) is 3. The van der Waals surface area contributed by atoms with Gasteiger partial charge >= 0.3 is 12.1 Å². The summed E-state index contributed by atoms with van der Waals surface area (Å²) in [6.07, 6.45) is -3.98. The van der Waals surface area contributed by atoms with Crippen molar-refractivity contribution in [3.05, 3.63) is 21.9 Å². The van der Waals surface area contributed by atoms with Gasteiger partial charge in [-0.25, -0.2) is 0 Å². The van der Waals surface area contributed by atoms with Crippen molar-refractivity contribution in [2.45, 2.75) is 33.0 Å². The fraction of sp³-hybridized carbons (Fsp3) is 0.583. The van der Waals surface area contributed by atoms with Crippen molar-refractivity contribution in [2.24, 2.45) is 5.41 Å². The number of halogens is 3. The predicted octanol–water partition coefficient (Wildman–Crippen LogP) is 3.36. The summed E-state index contributed by atoms with van der Waals surface area (Å²) < 4.78 is 37.8. The molecule has 0 atom stereocenters. The van der Waals surface area contributed by atoms with E-state index in [0.29, 0.717) is 13.0 Å². The lowest BCUT2D eigenvalue weighted by Crippen LogP contribution is -2.29. The molecule has 0 aromatic carbocycles. The lowest BCUT2D eigenvalue weighted by molar-refractivity contribution is -0.147.